The molecule has 0 saturated heterocycles. The van der Waals surface area contributed by atoms with Gasteiger partial charge in [-0.05, 0) is 66.4 Å². The zero-order valence-corrected chi connectivity index (χ0v) is 22.8. The van der Waals surface area contributed by atoms with Gasteiger partial charge in [0.25, 0.3) is 5.78 Å². The molecule has 0 radical (unpaired) electrons. The third-order valence-electron chi connectivity index (χ3n) is 6.89. The normalized spacial score (nSPS) is 17.9. The van der Waals surface area contributed by atoms with E-state index in [1.165, 1.54) is 0 Å². The van der Waals surface area contributed by atoms with Gasteiger partial charge in [0.1, 0.15) is 11.9 Å². The molecular weight excluding hydrogens is 480 g/mol. The Labute approximate surface area is 226 Å². The number of methoxy groups -OCH3 is 1. The second-order valence-corrected chi connectivity index (χ2v) is 10.0. The summed E-state index contributed by atoms with van der Waals surface area (Å²) in [6.07, 6.45) is 5.48. The first-order valence-corrected chi connectivity index (χ1v) is 13.4. The summed E-state index contributed by atoms with van der Waals surface area (Å²) in [5.74, 6) is 1.41. The van der Waals surface area contributed by atoms with Gasteiger partial charge in [0.15, 0.2) is 0 Å². The van der Waals surface area contributed by atoms with Crippen molar-refractivity contribution in [3.63, 3.8) is 0 Å². The van der Waals surface area contributed by atoms with E-state index in [4.69, 9.17) is 24.5 Å². The number of hydrogen-bond donors (Lipinski definition) is 0. The Morgan fingerprint density at radius 3 is 2.45 bits per heavy atom. The average molecular weight is 521 g/mol. The maximum atomic E-state index is 12.6. The summed E-state index contributed by atoms with van der Waals surface area (Å²) >= 11 is 0. The lowest BCUT2D eigenvalue weighted by atomic mass is 9.82. The van der Waals surface area contributed by atoms with Crippen LogP contribution in [0.15, 0.2) is 66.2 Å². The largest absolute Gasteiger partial charge is 0.497 e. The van der Waals surface area contributed by atoms with Gasteiger partial charge in [0, 0.05) is 6.61 Å². The maximum absolute atomic E-state index is 12.6. The number of nitrogens with zero attached hydrogens (tertiary/aromatic N) is 2. The van der Waals surface area contributed by atoms with Crippen molar-refractivity contribution in [1.29, 1.82) is 0 Å². The van der Waals surface area contributed by atoms with Crippen LogP contribution < -0.4 is 4.74 Å². The zero-order chi connectivity index (χ0) is 27.2. The Hall–Kier alpha value is -3.09. The van der Waals surface area contributed by atoms with Crippen LogP contribution in [0.1, 0.15) is 50.7 Å². The second-order valence-electron chi connectivity index (χ2n) is 10.0. The summed E-state index contributed by atoms with van der Waals surface area (Å²) in [6, 6.07) is 17.8. The predicted octanol–water partition coefficient (Wildman–Crippen LogP) is 5.82. The number of Topliss-reactive ketones (excluding diaryl/α,β-unsaturated/α-hetero) is 1. The van der Waals surface area contributed by atoms with E-state index in [0.29, 0.717) is 51.1 Å². The van der Waals surface area contributed by atoms with Crippen molar-refractivity contribution < 1.29 is 28.5 Å². The lowest BCUT2D eigenvalue weighted by Crippen LogP contribution is -2.31. The molecule has 0 aliphatic heterocycles. The number of ketones is 1. The molecule has 3 atom stereocenters. The van der Waals surface area contributed by atoms with Crippen molar-refractivity contribution >= 4 is 12.0 Å². The van der Waals surface area contributed by atoms with Crippen LogP contribution >= 0.6 is 0 Å². The minimum Gasteiger partial charge on any atom is -0.497 e. The summed E-state index contributed by atoms with van der Waals surface area (Å²) in [5.41, 5.74) is 12.2. The van der Waals surface area contributed by atoms with Crippen LogP contribution in [0, 0.1) is 11.8 Å². The standard InChI is InChI=1S/C31H40N2O5/c1-23(2)26-13-16-30(37-21-24-8-5-4-6-9-24)27(18-26)22-38-31(29(34)19-33-32)10-7-17-36-20-25-11-14-28(35-3)15-12-25/h4-6,8-9,11-12,14-15,18-19,23,26,30-31H,7,10,13,16-17,20-22H2,1-3H3/t26-,30-,31+/m0/s1. The summed E-state index contributed by atoms with van der Waals surface area (Å²) in [4.78, 5) is 15.5. The zero-order valence-electron chi connectivity index (χ0n) is 22.8. The molecule has 0 N–H and O–H groups in total. The minimum atomic E-state index is -0.717. The summed E-state index contributed by atoms with van der Waals surface area (Å²) in [7, 11) is 1.64. The van der Waals surface area contributed by atoms with E-state index in [1.807, 2.05) is 42.5 Å². The van der Waals surface area contributed by atoms with E-state index in [9.17, 15) is 4.79 Å². The molecule has 0 spiro atoms. The highest BCUT2D eigenvalue weighted by molar-refractivity contribution is 6.27. The van der Waals surface area contributed by atoms with Gasteiger partial charge >= 0.3 is 6.21 Å². The van der Waals surface area contributed by atoms with E-state index in [2.05, 4.69) is 36.8 Å². The van der Waals surface area contributed by atoms with E-state index < -0.39 is 6.10 Å². The molecule has 1 aliphatic rings. The fourth-order valence-electron chi connectivity index (χ4n) is 4.55. The number of carbonyl (C=O) groups excluding carboxylic acids is 1. The van der Waals surface area contributed by atoms with Crippen molar-refractivity contribution in [2.24, 2.45) is 11.8 Å². The summed E-state index contributed by atoms with van der Waals surface area (Å²) in [6.45, 7) is 6.23. The van der Waals surface area contributed by atoms with E-state index >= 15 is 0 Å². The third kappa shape index (κ3) is 9.66. The van der Waals surface area contributed by atoms with Crippen molar-refractivity contribution in [3.8, 4) is 5.75 Å². The Balaban J connectivity index is 1.55. The fraction of sp³-hybridized carbons (Fsp3) is 0.484. The van der Waals surface area contributed by atoms with E-state index in [1.54, 1.807) is 7.11 Å². The molecule has 0 heterocycles. The Bertz CT molecular complexity index is 1060. The van der Waals surface area contributed by atoms with Crippen LogP contribution in [-0.4, -0.2) is 49.3 Å². The maximum Gasteiger partial charge on any atom is 0.325 e. The van der Waals surface area contributed by atoms with Crippen molar-refractivity contribution in [2.45, 2.75) is 65.0 Å². The number of ether oxygens (including phenoxy) is 4. The quantitative estimate of drug-likeness (QED) is 0.0914. The molecule has 204 valence electrons. The molecule has 2 aromatic carbocycles. The molecule has 0 amide bonds. The van der Waals surface area contributed by atoms with Crippen LogP contribution in [-0.2, 0) is 32.2 Å². The number of hydrogen-bond acceptors (Lipinski definition) is 5. The highest BCUT2D eigenvalue weighted by Crippen LogP contribution is 2.31. The van der Waals surface area contributed by atoms with Gasteiger partial charge in [-0.1, -0.05) is 62.4 Å². The van der Waals surface area contributed by atoms with Crippen LogP contribution in [0.2, 0.25) is 0 Å². The lowest BCUT2D eigenvalue weighted by Gasteiger charge is -2.31. The molecule has 2 aromatic rings. The van der Waals surface area contributed by atoms with Crippen LogP contribution in [0.5, 0.6) is 5.75 Å². The first kappa shape index (κ1) is 29.5. The predicted molar refractivity (Wildman–Crippen MR) is 147 cm³/mol. The molecule has 0 fully saturated rings. The minimum absolute atomic E-state index is 0.0553. The summed E-state index contributed by atoms with van der Waals surface area (Å²) < 4.78 is 23.4. The van der Waals surface area contributed by atoms with Gasteiger partial charge in [-0.25, -0.2) is 0 Å². The van der Waals surface area contributed by atoms with Crippen LogP contribution in [0.25, 0.3) is 5.53 Å². The molecule has 7 nitrogen and oxygen atoms in total. The smallest absolute Gasteiger partial charge is 0.325 e. The highest BCUT2D eigenvalue weighted by atomic mass is 16.5. The fourth-order valence-corrected chi connectivity index (χ4v) is 4.55. The van der Waals surface area contributed by atoms with Crippen molar-refractivity contribution in [3.05, 3.63) is 82.9 Å². The van der Waals surface area contributed by atoms with Crippen molar-refractivity contribution in [1.82, 2.24) is 0 Å². The molecule has 0 bridgehead atoms. The number of allylic oxidation sites excluding steroid dienone is 1. The third-order valence-corrected chi connectivity index (χ3v) is 6.89. The van der Waals surface area contributed by atoms with Gasteiger partial charge < -0.3 is 24.5 Å². The van der Waals surface area contributed by atoms with Gasteiger partial charge in [0.2, 0.25) is 0 Å². The summed E-state index contributed by atoms with van der Waals surface area (Å²) in [5, 5.41) is 0. The molecule has 7 heteroatoms. The average Bonchev–Trinajstić information content (AvgIpc) is 2.94. The first-order chi connectivity index (χ1) is 18.5. The topological polar surface area (TPSA) is 90.4 Å². The SMILES string of the molecule is COc1ccc(COCCC[C@@H](OCC2=C[C@@H](C(C)C)CC[C@@H]2OCc2ccccc2)C(=O)C=[N+]=[N-])cc1. The van der Waals surface area contributed by atoms with Gasteiger partial charge in [-0.3, -0.25) is 4.79 Å². The van der Waals surface area contributed by atoms with Crippen LogP contribution in [0.3, 0.4) is 0 Å². The van der Waals surface area contributed by atoms with E-state index in [-0.39, 0.29) is 11.9 Å². The van der Waals surface area contributed by atoms with Gasteiger partial charge in [-0.2, -0.15) is 4.79 Å². The molecular formula is C31H40N2O5. The first-order valence-electron chi connectivity index (χ1n) is 13.4. The molecule has 0 aromatic heterocycles. The van der Waals surface area contributed by atoms with Gasteiger partial charge in [0.05, 0.1) is 33.0 Å². The Kier molecular flexibility index (Phi) is 12.4. The molecule has 0 unspecified atom stereocenters. The second kappa shape index (κ2) is 16.0. The Morgan fingerprint density at radius 2 is 1.76 bits per heavy atom. The Morgan fingerprint density at radius 1 is 1.03 bits per heavy atom. The highest BCUT2D eigenvalue weighted by Gasteiger charge is 2.28. The molecule has 1 aliphatic carbocycles. The number of rotatable bonds is 16. The number of carbonyl (C=O) groups is 1. The molecule has 0 saturated carbocycles. The monoisotopic (exact) mass is 520 g/mol. The van der Waals surface area contributed by atoms with Gasteiger partial charge in [-0.15, -0.1) is 0 Å². The lowest BCUT2D eigenvalue weighted by molar-refractivity contribution is -0.127. The molecule has 38 heavy (non-hydrogen) atoms. The van der Waals surface area contributed by atoms with E-state index in [0.717, 1.165) is 41.5 Å². The van der Waals surface area contributed by atoms with Crippen molar-refractivity contribution in [2.75, 3.05) is 20.3 Å². The molecule has 3 rings (SSSR count). The van der Waals surface area contributed by atoms with Crippen LogP contribution in [0.4, 0.5) is 0 Å². The number of benzene rings is 2.